The first kappa shape index (κ1) is 17.4. The number of amides is 1. The number of para-hydroxylation sites is 1. The van der Waals surface area contributed by atoms with E-state index < -0.39 is 10.0 Å². The van der Waals surface area contributed by atoms with Crippen molar-refractivity contribution >= 4 is 21.6 Å². The molecule has 2 fully saturated rings. The molecule has 3 rings (SSSR count). The van der Waals surface area contributed by atoms with Crippen molar-refractivity contribution in [1.29, 1.82) is 0 Å². The normalized spacial score (nSPS) is 26.4. The molecule has 7 heteroatoms. The molecule has 0 bridgehead atoms. The van der Waals surface area contributed by atoms with Gasteiger partial charge in [0.2, 0.25) is 15.9 Å². The highest BCUT2D eigenvalue weighted by molar-refractivity contribution is 7.89. The van der Waals surface area contributed by atoms with Gasteiger partial charge in [0.15, 0.2) is 0 Å². The summed E-state index contributed by atoms with van der Waals surface area (Å²) in [5.74, 6) is 0.248. The third kappa shape index (κ3) is 3.08. The van der Waals surface area contributed by atoms with E-state index >= 15 is 0 Å². The lowest BCUT2D eigenvalue weighted by Crippen LogP contribution is -2.64. The molecule has 2 aliphatic rings. The van der Waals surface area contributed by atoms with Gasteiger partial charge in [-0.05, 0) is 32.0 Å². The Hall–Kier alpha value is -1.44. The predicted molar refractivity (Wildman–Crippen MR) is 94.4 cm³/mol. The Kier molecular flexibility index (Phi) is 4.68. The summed E-state index contributed by atoms with van der Waals surface area (Å²) in [5, 5.41) is 0. The summed E-state index contributed by atoms with van der Waals surface area (Å²) in [5.41, 5.74) is 0.578. The fraction of sp³-hybridized carbons (Fsp3) is 0.588. The molecule has 2 aliphatic heterocycles. The van der Waals surface area contributed by atoms with Gasteiger partial charge >= 0.3 is 0 Å². The molecule has 0 unspecified atom stereocenters. The fourth-order valence-corrected chi connectivity index (χ4v) is 5.27. The topological polar surface area (TPSA) is 60.9 Å². The van der Waals surface area contributed by atoms with E-state index in [1.54, 1.807) is 9.21 Å². The number of rotatable bonds is 4. The summed E-state index contributed by atoms with van der Waals surface area (Å²) < 4.78 is 26.4. The van der Waals surface area contributed by atoms with E-state index in [4.69, 9.17) is 0 Å². The van der Waals surface area contributed by atoms with Crippen LogP contribution in [0.1, 0.15) is 19.8 Å². The average Bonchev–Trinajstić information content (AvgIpc) is 2.98. The summed E-state index contributed by atoms with van der Waals surface area (Å²) in [7, 11) is -1.27. The molecule has 132 valence electrons. The number of carbonyl (C=O) groups excluding carboxylic acids is 1. The maximum absolute atomic E-state index is 12.5. The van der Waals surface area contributed by atoms with Crippen LogP contribution in [0, 0.1) is 0 Å². The molecule has 6 nitrogen and oxygen atoms in total. The van der Waals surface area contributed by atoms with Gasteiger partial charge in [-0.25, -0.2) is 8.42 Å². The lowest BCUT2D eigenvalue weighted by atomic mass is 9.92. The Morgan fingerprint density at radius 2 is 1.88 bits per heavy atom. The standard InChI is InChI=1S/C17H25N3O3S/c1-3-11-24(22,23)19-10-9-17(13-19)14-20(16(21)12-18(17)2)15-7-5-4-6-8-15/h4-8H,3,9-14H2,1-2H3/t17-/m1/s1. The Balaban J connectivity index is 1.84. The van der Waals surface area contributed by atoms with Crippen LogP contribution in [-0.2, 0) is 14.8 Å². The largest absolute Gasteiger partial charge is 0.309 e. The molecule has 0 aromatic heterocycles. The van der Waals surface area contributed by atoms with Crippen LogP contribution in [0.25, 0.3) is 0 Å². The van der Waals surface area contributed by atoms with Crippen LogP contribution in [0.5, 0.6) is 0 Å². The summed E-state index contributed by atoms with van der Waals surface area (Å²) in [6, 6.07) is 9.61. The maximum atomic E-state index is 12.5. The van der Waals surface area contributed by atoms with Gasteiger partial charge in [0.25, 0.3) is 0 Å². The lowest BCUT2D eigenvalue weighted by molar-refractivity contribution is -0.123. The van der Waals surface area contributed by atoms with Gasteiger partial charge in [0.05, 0.1) is 17.8 Å². The molecule has 1 atom stereocenters. The van der Waals surface area contributed by atoms with E-state index in [1.807, 2.05) is 49.2 Å². The molecule has 2 saturated heterocycles. The second-order valence-electron chi connectivity index (χ2n) is 6.80. The Morgan fingerprint density at radius 1 is 1.17 bits per heavy atom. The summed E-state index contributed by atoms with van der Waals surface area (Å²) in [6.45, 7) is 3.72. The molecule has 0 N–H and O–H groups in total. The molecular formula is C17H25N3O3S. The van der Waals surface area contributed by atoms with Gasteiger partial charge in [-0.1, -0.05) is 25.1 Å². The van der Waals surface area contributed by atoms with Crippen molar-refractivity contribution in [2.24, 2.45) is 0 Å². The average molecular weight is 351 g/mol. The van der Waals surface area contributed by atoms with Crippen LogP contribution in [0.15, 0.2) is 30.3 Å². The first-order chi connectivity index (χ1) is 11.4. The van der Waals surface area contributed by atoms with Gasteiger partial charge in [0.1, 0.15) is 0 Å². The molecule has 0 radical (unpaired) electrons. The van der Waals surface area contributed by atoms with E-state index in [1.165, 1.54) is 0 Å². The second-order valence-corrected chi connectivity index (χ2v) is 8.88. The minimum Gasteiger partial charge on any atom is -0.309 e. The highest BCUT2D eigenvalue weighted by Gasteiger charge is 2.49. The number of nitrogens with zero attached hydrogens (tertiary/aromatic N) is 3. The van der Waals surface area contributed by atoms with Gasteiger partial charge in [0, 0.05) is 25.3 Å². The quantitative estimate of drug-likeness (QED) is 0.816. The molecule has 1 aromatic rings. The Morgan fingerprint density at radius 3 is 2.54 bits per heavy atom. The van der Waals surface area contributed by atoms with Crippen LogP contribution < -0.4 is 4.90 Å². The van der Waals surface area contributed by atoms with Crippen LogP contribution in [0.3, 0.4) is 0 Å². The lowest BCUT2D eigenvalue weighted by Gasteiger charge is -2.46. The fourth-order valence-electron chi connectivity index (χ4n) is 3.69. The minimum atomic E-state index is -3.20. The van der Waals surface area contributed by atoms with Crippen LogP contribution in [0.2, 0.25) is 0 Å². The molecule has 1 spiro atoms. The van der Waals surface area contributed by atoms with Crippen molar-refractivity contribution in [1.82, 2.24) is 9.21 Å². The second kappa shape index (κ2) is 6.46. The highest BCUT2D eigenvalue weighted by Crippen LogP contribution is 2.34. The SMILES string of the molecule is CCCS(=O)(=O)N1CC[C@]2(CN(c3ccccc3)C(=O)CN2C)C1. The summed E-state index contributed by atoms with van der Waals surface area (Å²) in [6.07, 6.45) is 1.37. The summed E-state index contributed by atoms with van der Waals surface area (Å²) >= 11 is 0. The third-order valence-electron chi connectivity index (χ3n) is 5.16. The molecule has 2 heterocycles. The number of anilines is 1. The number of likely N-dealkylation sites (N-methyl/N-ethyl adjacent to an activating group) is 1. The number of piperazine rings is 1. The van der Waals surface area contributed by atoms with Gasteiger partial charge in [-0.15, -0.1) is 0 Å². The Labute approximate surface area is 144 Å². The van der Waals surface area contributed by atoms with E-state index in [9.17, 15) is 13.2 Å². The zero-order valence-electron chi connectivity index (χ0n) is 14.3. The molecule has 1 aromatic carbocycles. The van der Waals surface area contributed by atoms with Crippen molar-refractivity contribution in [3.05, 3.63) is 30.3 Å². The number of hydrogen-bond donors (Lipinski definition) is 0. The maximum Gasteiger partial charge on any atom is 0.241 e. The number of sulfonamides is 1. The summed E-state index contributed by atoms with van der Waals surface area (Å²) in [4.78, 5) is 16.3. The number of benzene rings is 1. The van der Waals surface area contributed by atoms with E-state index in [0.717, 1.165) is 12.1 Å². The van der Waals surface area contributed by atoms with Crippen LogP contribution >= 0.6 is 0 Å². The predicted octanol–water partition coefficient (Wildman–Crippen LogP) is 1.15. The van der Waals surface area contributed by atoms with Crippen molar-refractivity contribution in [3.63, 3.8) is 0 Å². The molecule has 0 aliphatic carbocycles. The molecule has 24 heavy (non-hydrogen) atoms. The van der Waals surface area contributed by atoms with E-state index in [0.29, 0.717) is 32.6 Å². The monoisotopic (exact) mass is 351 g/mol. The highest BCUT2D eigenvalue weighted by atomic mass is 32.2. The minimum absolute atomic E-state index is 0.0594. The van der Waals surface area contributed by atoms with Gasteiger partial charge in [-0.3, -0.25) is 9.69 Å². The van der Waals surface area contributed by atoms with E-state index in [-0.39, 0.29) is 17.2 Å². The van der Waals surface area contributed by atoms with Crippen molar-refractivity contribution in [3.8, 4) is 0 Å². The number of hydrogen-bond acceptors (Lipinski definition) is 4. The molecular weight excluding hydrogens is 326 g/mol. The third-order valence-corrected chi connectivity index (χ3v) is 7.18. The van der Waals surface area contributed by atoms with Crippen molar-refractivity contribution < 1.29 is 13.2 Å². The van der Waals surface area contributed by atoms with Crippen molar-refractivity contribution in [2.75, 3.05) is 43.9 Å². The Bertz CT molecular complexity index is 707. The molecule has 0 saturated carbocycles. The first-order valence-electron chi connectivity index (χ1n) is 8.42. The van der Waals surface area contributed by atoms with Crippen LogP contribution in [-0.4, -0.2) is 68.0 Å². The van der Waals surface area contributed by atoms with Crippen LogP contribution in [0.4, 0.5) is 5.69 Å². The van der Waals surface area contributed by atoms with Crippen molar-refractivity contribution in [2.45, 2.75) is 25.3 Å². The van der Waals surface area contributed by atoms with E-state index in [2.05, 4.69) is 0 Å². The first-order valence-corrected chi connectivity index (χ1v) is 10.0. The molecule has 1 amide bonds. The number of carbonyl (C=O) groups is 1. The van der Waals surface area contributed by atoms with Gasteiger partial charge < -0.3 is 4.90 Å². The zero-order valence-corrected chi connectivity index (χ0v) is 15.1. The van der Waals surface area contributed by atoms with Gasteiger partial charge in [-0.2, -0.15) is 4.31 Å². The zero-order chi connectivity index (χ0) is 17.4. The smallest absolute Gasteiger partial charge is 0.241 e.